The van der Waals surface area contributed by atoms with Gasteiger partial charge < -0.3 is 9.45 Å². The fourth-order valence-electron chi connectivity index (χ4n) is 2.99. The lowest BCUT2D eigenvalue weighted by Gasteiger charge is -2.23. The molecule has 134 valence electrons. The summed E-state index contributed by atoms with van der Waals surface area (Å²) in [7, 11) is -3.92. The van der Waals surface area contributed by atoms with Crippen LogP contribution < -0.4 is 4.90 Å². The summed E-state index contributed by atoms with van der Waals surface area (Å²) < 4.78 is 27.2. The Hall–Kier alpha value is -0.130. The molecule has 0 atom stereocenters. The van der Waals surface area contributed by atoms with Gasteiger partial charge in [-0.15, -0.1) is 0 Å². The molecule has 1 fully saturated rings. The maximum absolute atomic E-state index is 9.08. The zero-order valence-electron chi connectivity index (χ0n) is 14.7. The first-order chi connectivity index (χ1) is 10.4. The van der Waals surface area contributed by atoms with Crippen LogP contribution in [0.5, 0.6) is 0 Å². The molecule has 1 aliphatic heterocycles. The Morgan fingerprint density at radius 3 is 1.68 bits per heavy atom. The number of nitrogens with one attached hydrogen (secondary N) is 1. The van der Waals surface area contributed by atoms with Crippen LogP contribution in [0.25, 0.3) is 0 Å². The summed E-state index contributed by atoms with van der Waals surface area (Å²) in [6.07, 6.45) is 18.2. The maximum atomic E-state index is 9.08. The second-order valence-corrected chi connectivity index (χ2v) is 8.00. The lowest BCUT2D eigenvalue weighted by molar-refractivity contribution is -0.905. The summed E-state index contributed by atoms with van der Waals surface area (Å²) in [6.45, 7) is 6.66. The van der Waals surface area contributed by atoms with Crippen molar-refractivity contribution in [3.63, 3.8) is 0 Å². The van der Waals surface area contributed by atoms with E-state index in [4.69, 9.17) is 13.0 Å². The van der Waals surface area contributed by atoms with E-state index in [2.05, 4.69) is 6.92 Å². The fourth-order valence-corrected chi connectivity index (χ4v) is 2.99. The van der Waals surface area contributed by atoms with Gasteiger partial charge in [-0.3, -0.25) is 0 Å². The highest BCUT2D eigenvalue weighted by molar-refractivity contribution is 7.84. The third-order valence-corrected chi connectivity index (χ3v) is 4.19. The number of hydrogen-bond acceptors (Lipinski definition) is 3. The van der Waals surface area contributed by atoms with E-state index >= 15 is 0 Å². The first-order valence-electron chi connectivity index (χ1n) is 9.18. The van der Waals surface area contributed by atoms with Crippen molar-refractivity contribution in [2.75, 3.05) is 25.9 Å². The molecular formula is C17H37NO3S. The van der Waals surface area contributed by atoms with Gasteiger partial charge in [0.05, 0.1) is 29.8 Å². The van der Waals surface area contributed by atoms with Crippen molar-refractivity contribution in [3.8, 4) is 0 Å². The monoisotopic (exact) mass is 335 g/mol. The van der Waals surface area contributed by atoms with E-state index in [1.807, 2.05) is 4.90 Å². The summed E-state index contributed by atoms with van der Waals surface area (Å²) in [4.78, 5) is 1.89. The third-order valence-electron chi connectivity index (χ3n) is 4.19. The van der Waals surface area contributed by atoms with E-state index in [0.29, 0.717) is 6.26 Å². The summed E-state index contributed by atoms with van der Waals surface area (Å²) in [5.74, 6) is 0. The largest absolute Gasteiger partial charge is 0.748 e. The van der Waals surface area contributed by atoms with Crippen LogP contribution in [0.2, 0.25) is 0 Å². The van der Waals surface area contributed by atoms with Gasteiger partial charge in [-0.2, -0.15) is 0 Å². The predicted octanol–water partition coefficient (Wildman–Crippen LogP) is 2.75. The lowest BCUT2D eigenvalue weighted by atomic mass is 10.1. The Morgan fingerprint density at radius 2 is 1.23 bits per heavy atom. The van der Waals surface area contributed by atoms with E-state index in [1.165, 1.54) is 96.7 Å². The molecule has 1 heterocycles. The number of unbranched alkanes of at least 4 members (excludes halogenated alkanes) is 8. The Bertz CT molecular complexity index is 317. The summed E-state index contributed by atoms with van der Waals surface area (Å²) in [5, 5.41) is 0. The zero-order chi connectivity index (χ0) is 16.7. The average molecular weight is 336 g/mol. The molecule has 0 aromatic rings. The third kappa shape index (κ3) is 19.9. The summed E-state index contributed by atoms with van der Waals surface area (Å²) >= 11 is 0. The number of rotatable bonds is 10. The topological polar surface area (TPSA) is 61.6 Å². The van der Waals surface area contributed by atoms with E-state index in [1.54, 1.807) is 0 Å². The van der Waals surface area contributed by atoms with Crippen LogP contribution in [0.4, 0.5) is 0 Å². The van der Waals surface area contributed by atoms with E-state index < -0.39 is 10.1 Å². The number of piperidine rings is 1. The van der Waals surface area contributed by atoms with Crippen molar-refractivity contribution in [1.29, 1.82) is 0 Å². The summed E-state index contributed by atoms with van der Waals surface area (Å²) in [5.41, 5.74) is 0. The van der Waals surface area contributed by atoms with E-state index in [9.17, 15) is 0 Å². The molecule has 0 radical (unpaired) electrons. The Kier molecular flexibility index (Phi) is 14.4. The van der Waals surface area contributed by atoms with E-state index in [-0.39, 0.29) is 0 Å². The van der Waals surface area contributed by atoms with Crippen LogP contribution >= 0.6 is 0 Å². The van der Waals surface area contributed by atoms with Crippen molar-refractivity contribution in [3.05, 3.63) is 0 Å². The van der Waals surface area contributed by atoms with Crippen molar-refractivity contribution >= 4 is 10.1 Å². The predicted molar refractivity (Wildman–Crippen MR) is 92.3 cm³/mol. The molecule has 0 amide bonds. The minimum atomic E-state index is -3.92. The molecule has 1 rings (SSSR count). The van der Waals surface area contributed by atoms with Crippen molar-refractivity contribution in [2.24, 2.45) is 0 Å². The van der Waals surface area contributed by atoms with Gasteiger partial charge in [-0.25, -0.2) is 8.42 Å². The highest BCUT2D eigenvalue weighted by Crippen LogP contribution is 2.09. The molecule has 0 bridgehead atoms. The Morgan fingerprint density at radius 1 is 0.818 bits per heavy atom. The van der Waals surface area contributed by atoms with Gasteiger partial charge in [-0.05, 0) is 32.1 Å². The molecule has 1 N–H and O–H groups in total. The SMILES string of the molecule is CCCCCCCCCCC[NH+]1CCCCC1.CS(=O)(=O)[O-]. The number of quaternary nitrogens is 1. The van der Waals surface area contributed by atoms with Crippen LogP contribution in [-0.4, -0.2) is 38.9 Å². The lowest BCUT2D eigenvalue weighted by Crippen LogP contribution is -3.12. The van der Waals surface area contributed by atoms with Crippen molar-refractivity contribution in [2.45, 2.75) is 84.0 Å². The molecule has 4 nitrogen and oxygen atoms in total. The Balaban J connectivity index is 0.000000763. The highest BCUT2D eigenvalue weighted by Gasteiger charge is 2.11. The molecule has 0 spiro atoms. The normalized spacial score (nSPS) is 16.1. The van der Waals surface area contributed by atoms with Crippen molar-refractivity contribution < 1.29 is 17.9 Å². The van der Waals surface area contributed by atoms with Gasteiger partial charge >= 0.3 is 0 Å². The van der Waals surface area contributed by atoms with Crippen LogP contribution in [0, 0.1) is 0 Å². The minimum Gasteiger partial charge on any atom is -0.748 e. The van der Waals surface area contributed by atoms with Crippen LogP contribution in [0.15, 0.2) is 0 Å². The molecule has 0 aromatic heterocycles. The van der Waals surface area contributed by atoms with Gasteiger partial charge in [0.15, 0.2) is 0 Å². The maximum Gasteiger partial charge on any atom is 0.0916 e. The molecular weight excluding hydrogens is 298 g/mol. The quantitative estimate of drug-likeness (QED) is 0.493. The van der Waals surface area contributed by atoms with Gasteiger partial charge in [0.25, 0.3) is 0 Å². The molecule has 0 aromatic carbocycles. The molecule has 1 saturated heterocycles. The molecule has 5 heteroatoms. The Labute approximate surface area is 138 Å². The molecule has 0 unspecified atom stereocenters. The second kappa shape index (κ2) is 14.5. The van der Waals surface area contributed by atoms with Crippen LogP contribution in [0.3, 0.4) is 0 Å². The average Bonchev–Trinajstić information content (AvgIpc) is 2.45. The highest BCUT2D eigenvalue weighted by atomic mass is 32.2. The summed E-state index contributed by atoms with van der Waals surface area (Å²) in [6, 6.07) is 0. The van der Waals surface area contributed by atoms with Crippen LogP contribution in [0.1, 0.15) is 84.0 Å². The van der Waals surface area contributed by atoms with Crippen LogP contribution in [-0.2, 0) is 10.1 Å². The molecule has 0 saturated carbocycles. The molecule has 0 aliphatic carbocycles. The molecule has 1 aliphatic rings. The molecule has 22 heavy (non-hydrogen) atoms. The fraction of sp³-hybridized carbons (Fsp3) is 1.00. The van der Waals surface area contributed by atoms with Gasteiger partial charge in [0, 0.05) is 6.26 Å². The number of likely N-dealkylation sites (tertiary alicyclic amines) is 1. The smallest absolute Gasteiger partial charge is 0.0916 e. The van der Waals surface area contributed by atoms with Crippen molar-refractivity contribution in [1.82, 2.24) is 0 Å². The number of hydrogen-bond donors (Lipinski definition) is 1. The zero-order valence-corrected chi connectivity index (χ0v) is 15.6. The minimum absolute atomic E-state index is 0.604. The second-order valence-electron chi connectivity index (χ2n) is 6.59. The van der Waals surface area contributed by atoms with Gasteiger partial charge in [-0.1, -0.05) is 51.9 Å². The first-order valence-corrected chi connectivity index (χ1v) is 11.0. The van der Waals surface area contributed by atoms with E-state index in [0.717, 1.165) is 0 Å². The standard InChI is InChI=1S/C16H33N.CH4O3S/c1-2-3-4-5-6-7-8-9-11-14-17-15-12-10-13-16-17;1-5(2,3)4/h2-16H2,1H3;1H3,(H,2,3,4). The first kappa shape index (κ1) is 21.9. The van der Waals surface area contributed by atoms with Gasteiger partial charge in [0.1, 0.15) is 0 Å². The van der Waals surface area contributed by atoms with Gasteiger partial charge in [0.2, 0.25) is 0 Å².